The van der Waals surface area contributed by atoms with E-state index in [1.54, 1.807) is 60.7 Å². The minimum absolute atomic E-state index is 0.0276. The predicted octanol–water partition coefficient (Wildman–Crippen LogP) is 11.3. The van der Waals surface area contributed by atoms with Crippen molar-refractivity contribution in [2.75, 3.05) is 0 Å². The molecule has 8 heteroatoms. The third-order valence-corrected chi connectivity index (χ3v) is 11.0. The first-order valence-electron chi connectivity index (χ1n) is 19.7. The summed E-state index contributed by atoms with van der Waals surface area (Å²) in [6, 6.07) is 24.8. The quantitative estimate of drug-likeness (QED) is 0.102. The number of nitrogens with zero attached hydrogens (tertiary/aromatic N) is 2. The standard InChI is InChI=1S/C50H56N2O6/c1-47(2,3)31-13-15-33(41(53)27-31)35-17-19-37(49(7,8)9)43(45(35)55)29-21-23-51(57)39(25-29)40-26-30(22-24-52(40)58)44-38(50(10,11)12)20-18-36(46(44)56)34-16-14-32(28-42(34)54)48(4,5)6/h13-28,53-56H,1-12H3. The van der Waals surface area contributed by atoms with Gasteiger partial charge in [0, 0.05) is 57.6 Å². The molecule has 0 spiro atoms. The Bertz CT molecular complexity index is 2380. The van der Waals surface area contributed by atoms with Gasteiger partial charge in [0.15, 0.2) is 12.4 Å². The third kappa shape index (κ3) is 7.80. The molecule has 0 atom stereocenters. The molecule has 0 saturated heterocycles. The van der Waals surface area contributed by atoms with Crippen molar-refractivity contribution in [2.45, 2.75) is 105 Å². The number of pyridine rings is 2. The van der Waals surface area contributed by atoms with Crippen molar-refractivity contribution in [1.29, 1.82) is 0 Å². The van der Waals surface area contributed by atoms with Crippen LogP contribution in [-0.2, 0) is 21.7 Å². The van der Waals surface area contributed by atoms with Crippen LogP contribution in [0, 0.1) is 10.4 Å². The van der Waals surface area contributed by atoms with Crippen LogP contribution in [0.4, 0.5) is 0 Å². The highest BCUT2D eigenvalue weighted by Gasteiger charge is 2.30. The van der Waals surface area contributed by atoms with Crippen LogP contribution < -0.4 is 9.46 Å². The molecule has 0 aliphatic heterocycles. The molecular formula is C50H56N2O6. The molecule has 2 aromatic heterocycles. The van der Waals surface area contributed by atoms with Crippen molar-refractivity contribution in [2.24, 2.45) is 0 Å². The maximum absolute atomic E-state index is 13.7. The Morgan fingerprint density at radius 3 is 1.02 bits per heavy atom. The Hall–Kier alpha value is -6.02. The zero-order chi connectivity index (χ0) is 42.9. The van der Waals surface area contributed by atoms with Gasteiger partial charge in [-0.05, 0) is 67.2 Å². The number of aromatic hydroxyl groups is 4. The smallest absolute Gasteiger partial charge is 0.290 e. The monoisotopic (exact) mass is 780 g/mol. The molecule has 4 N–H and O–H groups in total. The van der Waals surface area contributed by atoms with Crippen LogP contribution in [0.2, 0.25) is 0 Å². The Morgan fingerprint density at radius 2 is 0.724 bits per heavy atom. The summed E-state index contributed by atoms with van der Waals surface area (Å²) < 4.78 is 1.23. The maximum atomic E-state index is 13.7. The van der Waals surface area contributed by atoms with Gasteiger partial charge in [-0.1, -0.05) is 132 Å². The van der Waals surface area contributed by atoms with Crippen molar-refractivity contribution in [3.63, 3.8) is 0 Å². The van der Waals surface area contributed by atoms with Crippen molar-refractivity contribution in [3.05, 3.63) is 130 Å². The fourth-order valence-corrected chi connectivity index (χ4v) is 7.56. The third-order valence-electron chi connectivity index (χ3n) is 11.0. The molecule has 58 heavy (non-hydrogen) atoms. The topological polar surface area (TPSA) is 135 Å². The fourth-order valence-electron chi connectivity index (χ4n) is 7.56. The van der Waals surface area contributed by atoms with Gasteiger partial charge in [-0.2, -0.15) is 9.46 Å². The second-order valence-corrected chi connectivity index (χ2v) is 19.5. The lowest BCUT2D eigenvalue weighted by molar-refractivity contribution is -0.625. The van der Waals surface area contributed by atoms with E-state index in [9.17, 15) is 30.8 Å². The van der Waals surface area contributed by atoms with Crippen molar-refractivity contribution in [1.82, 2.24) is 0 Å². The van der Waals surface area contributed by atoms with Gasteiger partial charge in [-0.25, -0.2) is 0 Å². The van der Waals surface area contributed by atoms with E-state index >= 15 is 0 Å². The summed E-state index contributed by atoms with van der Waals surface area (Å²) in [5.74, 6) is -0.0712. The van der Waals surface area contributed by atoms with Crippen molar-refractivity contribution < 1.29 is 29.9 Å². The highest BCUT2D eigenvalue weighted by molar-refractivity contribution is 5.89. The van der Waals surface area contributed by atoms with Crippen molar-refractivity contribution in [3.8, 4) is 78.9 Å². The van der Waals surface area contributed by atoms with Gasteiger partial charge in [-0.15, -0.1) is 0 Å². The second kappa shape index (κ2) is 14.4. The van der Waals surface area contributed by atoms with Crippen molar-refractivity contribution >= 4 is 0 Å². The lowest BCUT2D eigenvalue weighted by Gasteiger charge is -2.26. The van der Waals surface area contributed by atoms with Crippen LogP contribution in [-0.4, -0.2) is 20.4 Å². The van der Waals surface area contributed by atoms with E-state index in [1.165, 1.54) is 12.4 Å². The zero-order valence-electron chi connectivity index (χ0n) is 35.7. The van der Waals surface area contributed by atoms with Gasteiger partial charge in [-0.3, -0.25) is 0 Å². The molecule has 6 aromatic rings. The molecule has 4 aromatic carbocycles. The summed E-state index contributed by atoms with van der Waals surface area (Å²) in [5, 5.41) is 73.9. The number of hydrogen-bond donors (Lipinski definition) is 4. The van der Waals surface area contributed by atoms with Crippen LogP contribution in [0.1, 0.15) is 105 Å². The molecule has 0 radical (unpaired) electrons. The highest BCUT2D eigenvalue weighted by atomic mass is 16.5. The average Bonchev–Trinajstić information content (AvgIpc) is 3.11. The molecule has 0 unspecified atom stereocenters. The summed E-state index contributed by atoms with van der Waals surface area (Å²) in [6.07, 6.45) is 2.63. The summed E-state index contributed by atoms with van der Waals surface area (Å²) in [4.78, 5) is 0. The number of phenolic OH excluding ortho intramolecular Hbond substituents is 4. The first kappa shape index (κ1) is 41.6. The molecule has 6 rings (SSSR count). The Morgan fingerprint density at radius 1 is 0.397 bits per heavy atom. The fraction of sp³-hybridized carbons (Fsp3) is 0.320. The maximum Gasteiger partial charge on any atom is 0.290 e. The minimum Gasteiger partial charge on any atom is -0.618 e. The number of benzene rings is 4. The minimum atomic E-state index is -0.446. The van der Waals surface area contributed by atoms with E-state index in [0.29, 0.717) is 54.0 Å². The molecule has 0 aliphatic carbocycles. The molecule has 0 aliphatic rings. The number of rotatable bonds is 5. The van der Waals surface area contributed by atoms with E-state index in [4.69, 9.17) is 0 Å². The normalized spacial score (nSPS) is 12.6. The van der Waals surface area contributed by atoms with Crippen LogP contribution >= 0.6 is 0 Å². The number of phenols is 4. The lowest BCUT2D eigenvalue weighted by Crippen LogP contribution is -2.36. The van der Waals surface area contributed by atoms with E-state index in [2.05, 4.69) is 41.5 Å². The highest BCUT2D eigenvalue weighted by Crippen LogP contribution is 2.49. The van der Waals surface area contributed by atoms with Crippen LogP contribution in [0.15, 0.2) is 97.3 Å². The first-order valence-corrected chi connectivity index (χ1v) is 19.7. The Balaban J connectivity index is 1.55. The summed E-state index contributed by atoms with van der Waals surface area (Å²) in [5.41, 5.74) is 5.97. The zero-order valence-corrected chi connectivity index (χ0v) is 35.7. The molecule has 8 nitrogen and oxygen atoms in total. The molecule has 0 bridgehead atoms. The molecular weight excluding hydrogens is 725 g/mol. The summed E-state index contributed by atoms with van der Waals surface area (Å²) in [6.45, 7) is 24.5. The molecule has 302 valence electrons. The van der Waals surface area contributed by atoms with Gasteiger partial charge >= 0.3 is 0 Å². The van der Waals surface area contributed by atoms with Crippen LogP contribution in [0.25, 0.3) is 55.9 Å². The summed E-state index contributed by atoms with van der Waals surface area (Å²) in [7, 11) is 0. The molecule has 0 amide bonds. The lowest BCUT2D eigenvalue weighted by atomic mass is 9.79. The summed E-state index contributed by atoms with van der Waals surface area (Å²) >= 11 is 0. The first-order chi connectivity index (χ1) is 26.8. The van der Waals surface area contributed by atoms with Gasteiger partial charge in [0.05, 0.1) is 0 Å². The van der Waals surface area contributed by atoms with Crippen LogP contribution in [0.3, 0.4) is 0 Å². The number of aromatic nitrogens is 2. The largest absolute Gasteiger partial charge is 0.618 e. The molecule has 2 heterocycles. The van der Waals surface area contributed by atoms with E-state index in [0.717, 1.165) is 22.3 Å². The Labute approximate surface area is 342 Å². The second-order valence-electron chi connectivity index (χ2n) is 19.5. The van der Waals surface area contributed by atoms with Gasteiger partial charge in [0.25, 0.3) is 11.4 Å². The molecule has 0 saturated carbocycles. The SMILES string of the molecule is CC(C)(C)c1ccc(-c2ccc(C(C)(C)C)c(-c3cc[n+]([O-])c(-c4cc(-c5c(C(C)(C)C)ccc(-c6ccc(C(C)(C)C)cc6O)c5O)cc[n+]4[O-])c3)c2O)c(O)c1. The van der Waals surface area contributed by atoms with Crippen LogP contribution in [0.5, 0.6) is 23.0 Å². The van der Waals surface area contributed by atoms with Gasteiger partial charge in [0.1, 0.15) is 23.0 Å². The van der Waals surface area contributed by atoms with E-state index < -0.39 is 10.8 Å². The van der Waals surface area contributed by atoms with Gasteiger partial charge < -0.3 is 30.8 Å². The number of hydrogen-bond acceptors (Lipinski definition) is 6. The van der Waals surface area contributed by atoms with Gasteiger partial charge in [0.2, 0.25) is 0 Å². The Kier molecular flexibility index (Phi) is 10.3. The van der Waals surface area contributed by atoms with E-state index in [-0.39, 0.29) is 45.2 Å². The average molecular weight is 781 g/mol. The molecule has 0 fully saturated rings. The predicted molar refractivity (Wildman–Crippen MR) is 233 cm³/mol. The van der Waals surface area contributed by atoms with E-state index in [1.807, 2.05) is 65.8 Å².